The van der Waals surface area contributed by atoms with Gasteiger partial charge in [0.2, 0.25) is 0 Å². The zero-order valence-corrected chi connectivity index (χ0v) is 8.57. The summed E-state index contributed by atoms with van der Waals surface area (Å²) in [4.78, 5) is 11.3. The molecular formula is C11H11NO3. The number of carbonyl (C=O) groups excluding carboxylic acids is 1. The van der Waals surface area contributed by atoms with E-state index in [9.17, 15) is 4.79 Å². The summed E-state index contributed by atoms with van der Waals surface area (Å²) in [6.07, 6.45) is 0. The number of methoxy groups -OCH3 is 1. The predicted octanol–water partition coefficient (Wildman–Crippen LogP) is 1.15. The van der Waals surface area contributed by atoms with Gasteiger partial charge < -0.3 is 9.84 Å². The molecule has 1 aromatic carbocycles. The minimum atomic E-state index is -0.508. The highest BCUT2D eigenvalue weighted by Gasteiger charge is 2.13. The van der Waals surface area contributed by atoms with Gasteiger partial charge in [0.05, 0.1) is 30.9 Å². The summed E-state index contributed by atoms with van der Waals surface area (Å²) in [5.74, 6) is -0.508. The summed E-state index contributed by atoms with van der Waals surface area (Å²) in [5, 5.41) is 17.8. The fourth-order valence-electron chi connectivity index (χ4n) is 1.30. The molecule has 0 atom stereocenters. The molecule has 0 saturated carbocycles. The standard InChI is InChI=1S/C11H11NO3/c1-7-3-10(11(14)15-2)9(6-13)4-8(7)5-12/h3-4,13H,6H2,1-2H3. The summed E-state index contributed by atoms with van der Waals surface area (Å²) in [7, 11) is 1.27. The van der Waals surface area contributed by atoms with Crippen LogP contribution < -0.4 is 0 Å². The summed E-state index contributed by atoms with van der Waals surface area (Å²) < 4.78 is 4.57. The molecule has 0 spiro atoms. The van der Waals surface area contributed by atoms with Crippen LogP contribution in [0.3, 0.4) is 0 Å². The molecule has 0 amide bonds. The van der Waals surface area contributed by atoms with E-state index in [0.29, 0.717) is 22.3 Å². The molecule has 15 heavy (non-hydrogen) atoms. The van der Waals surface area contributed by atoms with Crippen molar-refractivity contribution < 1.29 is 14.6 Å². The second-order valence-corrected chi connectivity index (χ2v) is 3.09. The third-order valence-electron chi connectivity index (χ3n) is 2.15. The molecule has 0 aromatic heterocycles. The lowest BCUT2D eigenvalue weighted by Crippen LogP contribution is -2.07. The van der Waals surface area contributed by atoms with Crippen LogP contribution in [0.1, 0.15) is 27.0 Å². The first-order chi connectivity index (χ1) is 7.13. The van der Waals surface area contributed by atoms with Gasteiger partial charge in [-0.05, 0) is 30.2 Å². The molecule has 4 nitrogen and oxygen atoms in total. The number of benzene rings is 1. The van der Waals surface area contributed by atoms with Crippen LogP contribution in [-0.4, -0.2) is 18.2 Å². The van der Waals surface area contributed by atoms with Crippen molar-refractivity contribution in [3.8, 4) is 6.07 Å². The molecular weight excluding hydrogens is 194 g/mol. The number of rotatable bonds is 2. The van der Waals surface area contributed by atoms with Crippen LogP contribution in [0.15, 0.2) is 12.1 Å². The Morgan fingerprint density at radius 3 is 2.73 bits per heavy atom. The molecule has 0 heterocycles. The summed E-state index contributed by atoms with van der Waals surface area (Å²) in [6.45, 7) is 1.44. The molecule has 0 fully saturated rings. The Hall–Kier alpha value is -1.86. The van der Waals surface area contributed by atoms with Gasteiger partial charge >= 0.3 is 5.97 Å². The topological polar surface area (TPSA) is 70.3 Å². The van der Waals surface area contributed by atoms with E-state index in [0.717, 1.165) is 0 Å². The van der Waals surface area contributed by atoms with E-state index < -0.39 is 5.97 Å². The molecule has 0 aliphatic heterocycles. The van der Waals surface area contributed by atoms with Crippen molar-refractivity contribution in [2.75, 3.05) is 7.11 Å². The molecule has 1 rings (SSSR count). The van der Waals surface area contributed by atoms with Crippen molar-refractivity contribution >= 4 is 5.97 Å². The number of nitriles is 1. The van der Waals surface area contributed by atoms with Crippen LogP contribution in [0.2, 0.25) is 0 Å². The number of nitrogens with zero attached hydrogens (tertiary/aromatic N) is 1. The molecule has 0 saturated heterocycles. The Bertz CT molecular complexity index is 432. The second kappa shape index (κ2) is 4.58. The number of aryl methyl sites for hydroxylation is 1. The first kappa shape index (κ1) is 11.2. The molecule has 0 aliphatic carbocycles. The quantitative estimate of drug-likeness (QED) is 0.735. The summed E-state index contributed by atoms with van der Waals surface area (Å²) in [6, 6.07) is 5.04. The van der Waals surface area contributed by atoms with Gasteiger partial charge in [-0.15, -0.1) is 0 Å². The highest BCUT2D eigenvalue weighted by molar-refractivity contribution is 5.91. The number of hydrogen-bond acceptors (Lipinski definition) is 4. The maximum absolute atomic E-state index is 11.3. The van der Waals surface area contributed by atoms with Crippen molar-refractivity contribution in [1.29, 1.82) is 5.26 Å². The maximum Gasteiger partial charge on any atom is 0.338 e. The molecule has 4 heteroatoms. The third kappa shape index (κ3) is 2.14. The van der Waals surface area contributed by atoms with Gasteiger partial charge in [-0.2, -0.15) is 5.26 Å². The summed E-state index contributed by atoms with van der Waals surface area (Å²) >= 11 is 0. The van der Waals surface area contributed by atoms with Crippen molar-refractivity contribution in [1.82, 2.24) is 0 Å². The Morgan fingerprint density at radius 1 is 1.60 bits per heavy atom. The highest BCUT2D eigenvalue weighted by Crippen LogP contribution is 2.17. The Balaban J connectivity index is 3.35. The largest absolute Gasteiger partial charge is 0.465 e. The van der Waals surface area contributed by atoms with E-state index in [1.165, 1.54) is 13.2 Å². The van der Waals surface area contributed by atoms with Crippen LogP contribution in [0, 0.1) is 18.3 Å². The fourth-order valence-corrected chi connectivity index (χ4v) is 1.30. The van der Waals surface area contributed by atoms with Gasteiger partial charge in [-0.1, -0.05) is 0 Å². The van der Waals surface area contributed by atoms with Crippen molar-refractivity contribution in [2.24, 2.45) is 0 Å². The predicted molar refractivity (Wildman–Crippen MR) is 53.2 cm³/mol. The SMILES string of the molecule is COC(=O)c1cc(C)c(C#N)cc1CO. The highest BCUT2D eigenvalue weighted by atomic mass is 16.5. The van der Waals surface area contributed by atoms with Gasteiger partial charge in [-0.3, -0.25) is 0 Å². The first-order valence-corrected chi connectivity index (χ1v) is 4.36. The van der Waals surface area contributed by atoms with E-state index in [1.807, 2.05) is 6.07 Å². The smallest absolute Gasteiger partial charge is 0.338 e. The number of hydrogen-bond donors (Lipinski definition) is 1. The fraction of sp³-hybridized carbons (Fsp3) is 0.273. The lowest BCUT2D eigenvalue weighted by atomic mass is 10.00. The normalized spacial score (nSPS) is 9.47. The molecule has 0 aliphatic rings. The van der Waals surface area contributed by atoms with E-state index in [-0.39, 0.29) is 6.61 Å². The molecule has 0 unspecified atom stereocenters. The van der Waals surface area contributed by atoms with Crippen molar-refractivity contribution in [2.45, 2.75) is 13.5 Å². The van der Waals surface area contributed by atoms with Crippen molar-refractivity contribution in [3.05, 3.63) is 34.4 Å². The van der Waals surface area contributed by atoms with Gasteiger partial charge in [-0.25, -0.2) is 4.79 Å². The van der Waals surface area contributed by atoms with Gasteiger partial charge in [0.15, 0.2) is 0 Å². The van der Waals surface area contributed by atoms with Crippen LogP contribution in [-0.2, 0) is 11.3 Å². The van der Waals surface area contributed by atoms with E-state index in [1.54, 1.807) is 13.0 Å². The minimum absolute atomic E-state index is 0.292. The Morgan fingerprint density at radius 2 is 2.27 bits per heavy atom. The number of esters is 1. The van der Waals surface area contributed by atoms with E-state index in [2.05, 4.69) is 4.74 Å². The van der Waals surface area contributed by atoms with Crippen LogP contribution in [0.25, 0.3) is 0 Å². The zero-order chi connectivity index (χ0) is 11.4. The average Bonchev–Trinajstić information content (AvgIpc) is 2.27. The van der Waals surface area contributed by atoms with E-state index >= 15 is 0 Å². The zero-order valence-electron chi connectivity index (χ0n) is 8.57. The third-order valence-corrected chi connectivity index (χ3v) is 2.15. The van der Waals surface area contributed by atoms with Crippen LogP contribution >= 0.6 is 0 Å². The average molecular weight is 205 g/mol. The van der Waals surface area contributed by atoms with Gasteiger partial charge in [0.1, 0.15) is 0 Å². The Labute approximate surface area is 87.7 Å². The van der Waals surface area contributed by atoms with Gasteiger partial charge in [0.25, 0.3) is 0 Å². The lowest BCUT2D eigenvalue weighted by molar-refractivity contribution is 0.0597. The maximum atomic E-state index is 11.3. The lowest BCUT2D eigenvalue weighted by Gasteiger charge is -2.07. The number of aliphatic hydroxyl groups excluding tert-OH is 1. The van der Waals surface area contributed by atoms with Crippen molar-refractivity contribution in [3.63, 3.8) is 0 Å². The van der Waals surface area contributed by atoms with Gasteiger partial charge in [0, 0.05) is 0 Å². The second-order valence-electron chi connectivity index (χ2n) is 3.09. The molecule has 1 aromatic rings. The van der Waals surface area contributed by atoms with E-state index in [4.69, 9.17) is 10.4 Å². The van der Waals surface area contributed by atoms with Crippen LogP contribution in [0.5, 0.6) is 0 Å². The number of aliphatic hydroxyl groups is 1. The van der Waals surface area contributed by atoms with Crippen LogP contribution in [0.4, 0.5) is 0 Å². The Kier molecular flexibility index (Phi) is 3.42. The summed E-state index contributed by atoms with van der Waals surface area (Å²) in [5.41, 5.74) is 1.85. The minimum Gasteiger partial charge on any atom is -0.465 e. The molecule has 0 bridgehead atoms. The molecule has 78 valence electrons. The first-order valence-electron chi connectivity index (χ1n) is 4.36. The number of carbonyl (C=O) groups is 1. The monoisotopic (exact) mass is 205 g/mol. The molecule has 0 radical (unpaired) electrons. The number of ether oxygens (including phenoxy) is 1. The molecule has 1 N–H and O–H groups in total.